The molecule has 1 aromatic rings. The van der Waals surface area contributed by atoms with Crippen LogP contribution < -0.4 is 10.9 Å². The van der Waals surface area contributed by atoms with E-state index >= 15 is 0 Å². The van der Waals surface area contributed by atoms with Crippen LogP contribution in [0.3, 0.4) is 0 Å². The van der Waals surface area contributed by atoms with Gasteiger partial charge in [-0.05, 0) is 25.7 Å². The highest BCUT2D eigenvalue weighted by Crippen LogP contribution is 2.32. The summed E-state index contributed by atoms with van der Waals surface area (Å²) in [7, 11) is 0. The molecule has 6 heteroatoms. The maximum absolute atomic E-state index is 11.9. The molecule has 1 heterocycles. The van der Waals surface area contributed by atoms with Crippen LogP contribution in [0.4, 0.5) is 5.69 Å². The quantitative estimate of drug-likeness (QED) is 0.895. The van der Waals surface area contributed by atoms with Crippen LogP contribution in [0.2, 0.25) is 5.02 Å². The molecule has 1 fully saturated rings. The Bertz CT molecular complexity index is 532. The number of halogens is 1. The number of anilines is 1. The van der Waals surface area contributed by atoms with Gasteiger partial charge in [0.25, 0.3) is 5.56 Å². The first-order valence-corrected chi connectivity index (χ1v) is 7.55. The topological polar surface area (TPSA) is 67.2 Å². The van der Waals surface area contributed by atoms with Gasteiger partial charge in [-0.25, -0.2) is 4.68 Å². The lowest BCUT2D eigenvalue weighted by Gasteiger charge is -2.35. The first-order valence-electron chi connectivity index (χ1n) is 7.17. The van der Waals surface area contributed by atoms with Gasteiger partial charge in [0, 0.05) is 13.1 Å². The van der Waals surface area contributed by atoms with Crippen LogP contribution in [0.15, 0.2) is 11.0 Å². The molecule has 1 saturated carbocycles. The third-order valence-electron chi connectivity index (χ3n) is 3.96. The third kappa shape index (κ3) is 3.33. The molecule has 20 heavy (non-hydrogen) atoms. The van der Waals surface area contributed by atoms with Crippen LogP contribution in [0.5, 0.6) is 0 Å². The second-order valence-electron chi connectivity index (χ2n) is 5.77. The van der Waals surface area contributed by atoms with E-state index in [1.165, 1.54) is 4.68 Å². The molecule has 0 bridgehead atoms. The van der Waals surface area contributed by atoms with Gasteiger partial charge < -0.3 is 10.4 Å². The molecule has 0 aliphatic heterocycles. The Balaban J connectivity index is 2.07. The van der Waals surface area contributed by atoms with Crippen molar-refractivity contribution in [2.45, 2.75) is 51.7 Å². The van der Waals surface area contributed by atoms with Crippen molar-refractivity contribution in [1.82, 2.24) is 9.78 Å². The van der Waals surface area contributed by atoms with Gasteiger partial charge in [-0.1, -0.05) is 31.4 Å². The predicted molar refractivity (Wildman–Crippen MR) is 80.3 cm³/mol. The number of hydrogen-bond acceptors (Lipinski definition) is 4. The summed E-state index contributed by atoms with van der Waals surface area (Å²) in [5.41, 5.74) is -0.531. The second-order valence-corrected chi connectivity index (χ2v) is 6.15. The molecule has 1 aliphatic rings. The molecule has 0 saturated heterocycles. The van der Waals surface area contributed by atoms with Crippen molar-refractivity contribution in [3.8, 4) is 0 Å². The van der Waals surface area contributed by atoms with Crippen molar-refractivity contribution in [1.29, 1.82) is 0 Å². The first-order chi connectivity index (χ1) is 9.45. The molecular weight excluding hydrogens is 278 g/mol. The molecule has 112 valence electrons. The van der Waals surface area contributed by atoms with Gasteiger partial charge in [-0.2, -0.15) is 5.10 Å². The van der Waals surface area contributed by atoms with Crippen LogP contribution in [0.1, 0.15) is 39.5 Å². The van der Waals surface area contributed by atoms with Crippen LogP contribution in [0, 0.1) is 5.92 Å². The minimum absolute atomic E-state index is 0.134. The third-order valence-corrected chi connectivity index (χ3v) is 4.33. The van der Waals surface area contributed by atoms with E-state index in [-0.39, 0.29) is 10.6 Å². The largest absolute Gasteiger partial charge is 0.388 e. The highest BCUT2D eigenvalue weighted by molar-refractivity contribution is 6.32. The van der Waals surface area contributed by atoms with Gasteiger partial charge in [0.1, 0.15) is 5.02 Å². The monoisotopic (exact) mass is 299 g/mol. The molecule has 5 nitrogen and oxygen atoms in total. The van der Waals surface area contributed by atoms with Crippen molar-refractivity contribution in [3.05, 3.63) is 21.6 Å². The molecule has 2 atom stereocenters. The Hall–Kier alpha value is -1.07. The Morgan fingerprint density at radius 3 is 3.05 bits per heavy atom. The van der Waals surface area contributed by atoms with Crippen LogP contribution in [-0.4, -0.2) is 27.0 Å². The molecule has 2 unspecified atom stereocenters. The number of aromatic nitrogens is 2. The molecule has 0 amide bonds. The smallest absolute Gasteiger partial charge is 0.287 e. The highest BCUT2D eigenvalue weighted by atomic mass is 35.5. The minimum atomic E-state index is -0.722. The summed E-state index contributed by atoms with van der Waals surface area (Å²) < 4.78 is 1.31. The SMILES string of the molecule is CCn1ncc(NCC2(O)CCCC(C)C2)c(Cl)c1=O. The molecule has 1 aliphatic carbocycles. The van der Waals surface area contributed by atoms with Crippen LogP contribution in [0.25, 0.3) is 0 Å². The van der Waals surface area contributed by atoms with Crippen LogP contribution in [-0.2, 0) is 6.54 Å². The van der Waals surface area contributed by atoms with E-state index in [4.69, 9.17) is 11.6 Å². The fourth-order valence-corrected chi connectivity index (χ4v) is 3.08. The molecule has 0 radical (unpaired) electrons. The van der Waals surface area contributed by atoms with E-state index in [9.17, 15) is 9.90 Å². The molecule has 0 aromatic carbocycles. The Kier molecular flexibility index (Phi) is 4.70. The van der Waals surface area contributed by atoms with Crippen molar-refractivity contribution >= 4 is 17.3 Å². The molecular formula is C14H22ClN3O2. The summed E-state index contributed by atoms with van der Waals surface area (Å²) in [5.74, 6) is 0.525. The average molecular weight is 300 g/mol. The summed E-state index contributed by atoms with van der Waals surface area (Å²) in [5, 5.41) is 17.8. The fourth-order valence-electron chi connectivity index (χ4n) is 2.87. The summed E-state index contributed by atoms with van der Waals surface area (Å²) in [6.45, 7) is 4.87. The lowest BCUT2D eigenvalue weighted by atomic mass is 9.79. The number of rotatable bonds is 4. The van der Waals surface area contributed by atoms with E-state index in [0.29, 0.717) is 24.7 Å². The average Bonchev–Trinajstić information content (AvgIpc) is 2.40. The van der Waals surface area contributed by atoms with E-state index in [0.717, 1.165) is 25.7 Å². The Morgan fingerprint density at radius 2 is 2.40 bits per heavy atom. The van der Waals surface area contributed by atoms with Crippen molar-refractivity contribution in [3.63, 3.8) is 0 Å². The van der Waals surface area contributed by atoms with E-state index in [1.54, 1.807) is 6.20 Å². The normalized spacial score (nSPS) is 26.5. The number of aliphatic hydroxyl groups is 1. The number of aryl methyl sites for hydroxylation is 1. The summed E-state index contributed by atoms with van der Waals surface area (Å²) in [6, 6.07) is 0. The molecule has 2 rings (SSSR count). The lowest BCUT2D eigenvalue weighted by Crippen LogP contribution is -2.41. The number of hydrogen-bond donors (Lipinski definition) is 2. The second kappa shape index (κ2) is 6.14. The van der Waals surface area contributed by atoms with E-state index in [1.807, 2.05) is 6.92 Å². The number of nitrogens with one attached hydrogen (secondary N) is 1. The number of nitrogens with zero attached hydrogens (tertiary/aromatic N) is 2. The summed E-state index contributed by atoms with van der Waals surface area (Å²) in [4.78, 5) is 11.9. The van der Waals surface area contributed by atoms with Crippen LogP contribution >= 0.6 is 11.6 Å². The fraction of sp³-hybridized carbons (Fsp3) is 0.714. The Labute approximate surface area is 124 Å². The van der Waals surface area contributed by atoms with E-state index < -0.39 is 5.60 Å². The molecule has 2 N–H and O–H groups in total. The van der Waals surface area contributed by atoms with E-state index in [2.05, 4.69) is 17.3 Å². The lowest BCUT2D eigenvalue weighted by molar-refractivity contribution is -0.000768. The van der Waals surface area contributed by atoms with Gasteiger partial charge in [0.05, 0.1) is 17.5 Å². The van der Waals surface area contributed by atoms with Crippen molar-refractivity contribution in [2.75, 3.05) is 11.9 Å². The maximum Gasteiger partial charge on any atom is 0.287 e. The zero-order valence-corrected chi connectivity index (χ0v) is 12.8. The van der Waals surface area contributed by atoms with Crippen molar-refractivity contribution in [2.24, 2.45) is 5.92 Å². The summed E-state index contributed by atoms with van der Waals surface area (Å²) >= 11 is 6.05. The zero-order valence-electron chi connectivity index (χ0n) is 12.0. The highest BCUT2D eigenvalue weighted by Gasteiger charge is 2.32. The standard InChI is InChI=1S/C14H22ClN3O2/c1-3-18-13(19)12(15)11(8-17-18)16-9-14(20)6-4-5-10(2)7-14/h8,10,16,20H,3-7,9H2,1-2H3. The Morgan fingerprint density at radius 1 is 1.65 bits per heavy atom. The van der Waals surface area contributed by atoms with Gasteiger partial charge in [0.2, 0.25) is 0 Å². The van der Waals surface area contributed by atoms with Gasteiger partial charge in [0.15, 0.2) is 0 Å². The van der Waals surface area contributed by atoms with Gasteiger partial charge in [-0.3, -0.25) is 4.79 Å². The molecule has 1 aromatic heterocycles. The van der Waals surface area contributed by atoms with Crippen molar-refractivity contribution < 1.29 is 5.11 Å². The maximum atomic E-state index is 11.9. The molecule has 0 spiro atoms. The zero-order chi connectivity index (χ0) is 14.8. The first kappa shape index (κ1) is 15.3. The predicted octanol–water partition coefficient (Wildman–Crippen LogP) is 2.27. The minimum Gasteiger partial charge on any atom is -0.388 e. The van der Waals surface area contributed by atoms with Gasteiger partial charge >= 0.3 is 0 Å². The van der Waals surface area contributed by atoms with Gasteiger partial charge in [-0.15, -0.1) is 0 Å². The summed E-state index contributed by atoms with van der Waals surface area (Å²) in [6.07, 6.45) is 5.29.